The van der Waals surface area contributed by atoms with Crippen molar-refractivity contribution in [1.82, 2.24) is 14.9 Å². The van der Waals surface area contributed by atoms with Crippen molar-refractivity contribution < 1.29 is 4.79 Å². The van der Waals surface area contributed by atoms with Crippen LogP contribution in [0.5, 0.6) is 0 Å². The maximum Gasteiger partial charge on any atom is 0.222 e. The van der Waals surface area contributed by atoms with Crippen LogP contribution in [0.4, 0.5) is 5.82 Å². The van der Waals surface area contributed by atoms with Gasteiger partial charge in [-0.3, -0.25) is 4.79 Å². The fourth-order valence-corrected chi connectivity index (χ4v) is 2.44. The van der Waals surface area contributed by atoms with Gasteiger partial charge in [-0.25, -0.2) is 9.97 Å². The number of hydrogen-bond donors (Lipinski definition) is 0. The Kier molecular flexibility index (Phi) is 3.95. The van der Waals surface area contributed by atoms with Crippen molar-refractivity contribution in [2.24, 2.45) is 5.92 Å². The van der Waals surface area contributed by atoms with Crippen LogP contribution in [-0.4, -0.2) is 47.5 Å². The highest BCUT2D eigenvalue weighted by atomic mass is 16.2. The van der Waals surface area contributed by atoms with Gasteiger partial charge in [0.25, 0.3) is 0 Å². The summed E-state index contributed by atoms with van der Waals surface area (Å²) in [7, 11) is 1.88. The van der Waals surface area contributed by atoms with E-state index in [9.17, 15) is 4.79 Å². The Morgan fingerprint density at radius 1 is 1.53 bits per heavy atom. The van der Waals surface area contributed by atoms with Crippen LogP contribution in [0.1, 0.15) is 19.0 Å². The van der Waals surface area contributed by atoms with Crippen molar-refractivity contribution in [2.45, 2.75) is 13.3 Å². The van der Waals surface area contributed by atoms with Gasteiger partial charge in [0.2, 0.25) is 5.91 Å². The average molecular weight is 259 g/mol. The fourth-order valence-electron chi connectivity index (χ4n) is 2.44. The summed E-state index contributed by atoms with van der Waals surface area (Å²) in [5.41, 5.74) is 0.321. The molecule has 1 aromatic heterocycles. The van der Waals surface area contributed by atoms with Gasteiger partial charge in [-0.15, -0.1) is 0 Å². The van der Waals surface area contributed by atoms with E-state index in [-0.39, 0.29) is 11.8 Å². The molecular weight excluding hydrogens is 242 g/mol. The average Bonchev–Trinajstić information content (AvgIpc) is 2.78. The van der Waals surface area contributed by atoms with E-state index in [2.05, 4.69) is 9.97 Å². The minimum atomic E-state index is 0.209. The van der Waals surface area contributed by atoms with Gasteiger partial charge < -0.3 is 9.80 Å². The number of hydrogen-bond acceptors (Lipinski definition) is 5. The lowest BCUT2D eigenvalue weighted by molar-refractivity contribution is -0.127. The van der Waals surface area contributed by atoms with Crippen molar-refractivity contribution in [3.05, 3.63) is 18.1 Å². The molecule has 6 nitrogen and oxygen atoms in total. The van der Waals surface area contributed by atoms with E-state index in [1.165, 1.54) is 6.20 Å². The molecule has 1 unspecified atom stereocenters. The highest BCUT2D eigenvalue weighted by molar-refractivity contribution is 5.78. The van der Waals surface area contributed by atoms with Gasteiger partial charge >= 0.3 is 0 Å². The quantitative estimate of drug-likeness (QED) is 0.794. The van der Waals surface area contributed by atoms with Crippen LogP contribution in [0.15, 0.2) is 12.4 Å². The van der Waals surface area contributed by atoms with Crippen molar-refractivity contribution >= 4 is 11.7 Å². The molecule has 6 heteroatoms. The molecule has 0 N–H and O–H groups in total. The highest BCUT2D eigenvalue weighted by Crippen LogP contribution is 2.21. The predicted molar refractivity (Wildman–Crippen MR) is 70.4 cm³/mol. The maximum atomic E-state index is 11.7. The molecule has 1 atom stereocenters. The normalized spacial score (nSPS) is 18.5. The molecule has 1 aliphatic rings. The van der Waals surface area contributed by atoms with Gasteiger partial charge in [0, 0.05) is 51.4 Å². The van der Waals surface area contributed by atoms with Crippen molar-refractivity contribution in [3.63, 3.8) is 0 Å². The molecule has 0 spiro atoms. The van der Waals surface area contributed by atoms with Crippen LogP contribution >= 0.6 is 0 Å². The van der Waals surface area contributed by atoms with E-state index in [0.717, 1.165) is 13.1 Å². The molecule has 1 fully saturated rings. The van der Waals surface area contributed by atoms with Crippen LogP contribution in [-0.2, 0) is 4.79 Å². The number of amides is 1. The second kappa shape index (κ2) is 5.65. The van der Waals surface area contributed by atoms with Gasteiger partial charge in [-0.05, 0) is 6.92 Å². The third-order valence-electron chi connectivity index (χ3n) is 3.35. The summed E-state index contributed by atoms with van der Waals surface area (Å²) in [6, 6.07) is 2.04. The minimum absolute atomic E-state index is 0.209. The number of aromatic nitrogens is 2. The van der Waals surface area contributed by atoms with E-state index >= 15 is 0 Å². The van der Waals surface area contributed by atoms with Gasteiger partial charge in [0.05, 0.1) is 0 Å². The molecule has 2 rings (SSSR count). The molecule has 0 aliphatic carbocycles. The van der Waals surface area contributed by atoms with E-state index in [0.29, 0.717) is 24.5 Å². The number of carbonyl (C=O) groups excluding carboxylic acids is 1. The first kappa shape index (κ1) is 13.3. The predicted octanol–water partition coefficient (Wildman–Crippen LogP) is 0.653. The Morgan fingerprint density at radius 2 is 2.26 bits per heavy atom. The van der Waals surface area contributed by atoms with E-state index in [1.54, 1.807) is 6.20 Å². The Hall–Kier alpha value is -2.16. The minimum Gasteiger partial charge on any atom is -0.357 e. The molecular formula is C13H17N5O. The molecule has 1 amide bonds. The summed E-state index contributed by atoms with van der Waals surface area (Å²) in [6.07, 6.45) is 3.65. The fraction of sp³-hybridized carbons (Fsp3) is 0.538. The van der Waals surface area contributed by atoms with Gasteiger partial charge in [0.15, 0.2) is 11.5 Å². The molecule has 1 saturated heterocycles. The Bertz CT molecular complexity index is 510. The monoisotopic (exact) mass is 259 g/mol. The van der Waals surface area contributed by atoms with Crippen molar-refractivity contribution in [3.8, 4) is 6.07 Å². The molecule has 0 radical (unpaired) electrons. The number of nitrogens with zero attached hydrogens (tertiary/aromatic N) is 5. The molecule has 2 heterocycles. The summed E-state index contributed by atoms with van der Waals surface area (Å²) in [5, 5.41) is 9.01. The van der Waals surface area contributed by atoms with Crippen LogP contribution in [0, 0.1) is 17.2 Å². The second-order valence-electron chi connectivity index (χ2n) is 4.72. The molecule has 0 aromatic carbocycles. The number of carbonyl (C=O) groups is 1. The smallest absolute Gasteiger partial charge is 0.222 e. The molecule has 100 valence electrons. The number of likely N-dealkylation sites (tertiary alicyclic amines) is 1. The third kappa shape index (κ3) is 2.81. The maximum absolute atomic E-state index is 11.7. The first-order valence-corrected chi connectivity index (χ1v) is 6.35. The van der Waals surface area contributed by atoms with E-state index < -0.39 is 0 Å². The second-order valence-corrected chi connectivity index (χ2v) is 4.72. The summed E-state index contributed by atoms with van der Waals surface area (Å²) >= 11 is 0. The first-order valence-electron chi connectivity index (χ1n) is 6.35. The Balaban J connectivity index is 2.04. The molecule has 0 bridgehead atoms. The topological polar surface area (TPSA) is 73.1 Å². The lowest BCUT2D eigenvalue weighted by Gasteiger charge is -2.22. The Morgan fingerprint density at radius 3 is 2.89 bits per heavy atom. The zero-order valence-corrected chi connectivity index (χ0v) is 11.2. The lowest BCUT2D eigenvalue weighted by Crippen LogP contribution is -2.29. The zero-order valence-electron chi connectivity index (χ0n) is 11.2. The van der Waals surface area contributed by atoms with Gasteiger partial charge in [-0.1, -0.05) is 0 Å². The summed E-state index contributed by atoms with van der Waals surface area (Å²) < 4.78 is 0. The molecule has 0 saturated carbocycles. The van der Waals surface area contributed by atoms with Crippen LogP contribution < -0.4 is 4.90 Å². The molecule has 1 aliphatic heterocycles. The third-order valence-corrected chi connectivity index (χ3v) is 3.35. The summed E-state index contributed by atoms with van der Waals surface area (Å²) in [6.45, 7) is 4.23. The van der Waals surface area contributed by atoms with Gasteiger partial charge in [-0.2, -0.15) is 5.26 Å². The largest absolute Gasteiger partial charge is 0.357 e. The van der Waals surface area contributed by atoms with E-state index in [4.69, 9.17) is 5.26 Å². The van der Waals surface area contributed by atoms with Crippen LogP contribution in [0.2, 0.25) is 0 Å². The number of nitriles is 1. The summed E-state index contributed by atoms with van der Waals surface area (Å²) in [4.78, 5) is 23.6. The number of anilines is 1. The van der Waals surface area contributed by atoms with Crippen molar-refractivity contribution in [2.75, 3.05) is 31.6 Å². The van der Waals surface area contributed by atoms with Crippen molar-refractivity contribution in [1.29, 1.82) is 5.26 Å². The lowest BCUT2D eigenvalue weighted by atomic mass is 10.1. The molecule has 1 aromatic rings. The van der Waals surface area contributed by atoms with Gasteiger partial charge in [0.1, 0.15) is 6.07 Å². The standard InChI is InChI=1S/C13H17N5O/c1-3-18-9-10(6-12(18)19)8-17(2)13-11(7-14)15-4-5-16-13/h4-5,10H,3,6,8-9H2,1-2H3. The number of rotatable bonds is 4. The highest BCUT2D eigenvalue weighted by Gasteiger charge is 2.29. The first-order chi connectivity index (χ1) is 9.15. The zero-order chi connectivity index (χ0) is 13.8. The van der Waals surface area contributed by atoms with E-state index in [1.807, 2.05) is 29.8 Å². The summed E-state index contributed by atoms with van der Waals surface area (Å²) in [5.74, 6) is 1.07. The van der Waals surface area contributed by atoms with Crippen LogP contribution in [0.3, 0.4) is 0 Å². The SMILES string of the molecule is CCN1CC(CN(C)c2nccnc2C#N)CC1=O. The van der Waals surface area contributed by atoms with Crippen LogP contribution in [0.25, 0.3) is 0 Å². The molecule has 19 heavy (non-hydrogen) atoms. The Labute approximate surface area is 112 Å².